The number of hydrogen-bond donors (Lipinski definition) is 0. The molecule has 1 heterocycles. The van der Waals surface area contributed by atoms with Gasteiger partial charge in [-0.3, -0.25) is 4.90 Å². The van der Waals surface area contributed by atoms with E-state index in [1.165, 1.54) is 10.0 Å². The van der Waals surface area contributed by atoms with Gasteiger partial charge in [-0.05, 0) is 39.3 Å². The van der Waals surface area contributed by atoms with Gasteiger partial charge >= 0.3 is 0 Å². The zero-order valence-electron chi connectivity index (χ0n) is 11.7. The molecule has 1 aromatic carbocycles. The van der Waals surface area contributed by atoms with Crippen molar-refractivity contribution in [2.45, 2.75) is 45.4 Å². The van der Waals surface area contributed by atoms with E-state index in [-0.39, 0.29) is 11.2 Å². The Labute approximate surface area is 118 Å². The van der Waals surface area contributed by atoms with Crippen LogP contribution in [0.3, 0.4) is 0 Å². The maximum atomic E-state index is 6.11. The second-order valence-corrected chi connectivity index (χ2v) is 7.21. The number of ether oxygens (including phenoxy) is 1. The molecule has 2 rings (SSSR count). The molecule has 1 aliphatic heterocycles. The Hall–Kier alpha value is -0.380. The minimum absolute atomic E-state index is 0.0804. The first-order valence-corrected chi connectivity index (χ1v) is 7.23. The summed E-state index contributed by atoms with van der Waals surface area (Å²) in [5.74, 6) is 0. The summed E-state index contributed by atoms with van der Waals surface area (Å²) in [6.45, 7) is 11.6. The minimum Gasteiger partial charge on any atom is -0.367 e. The van der Waals surface area contributed by atoms with Crippen LogP contribution in [0, 0.1) is 0 Å². The van der Waals surface area contributed by atoms with E-state index in [9.17, 15) is 0 Å². The molecule has 1 aromatic rings. The molecule has 0 spiro atoms. The van der Waals surface area contributed by atoms with Crippen molar-refractivity contribution in [1.29, 1.82) is 0 Å². The highest BCUT2D eigenvalue weighted by Gasteiger charge is 2.37. The van der Waals surface area contributed by atoms with Gasteiger partial charge < -0.3 is 4.74 Å². The van der Waals surface area contributed by atoms with Crippen LogP contribution in [0.1, 0.15) is 33.3 Å². The maximum absolute atomic E-state index is 6.11. The first-order chi connectivity index (χ1) is 8.27. The molecule has 2 nitrogen and oxygen atoms in total. The minimum atomic E-state index is -0.0804. The van der Waals surface area contributed by atoms with Crippen molar-refractivity contribution in [1.82, 2.24) is 4.90 Å². The van der Waals surface area contributed by atoms with Gasteiger partial charge in [-0.1, -0.05) is 34.1 Å². The molecule has 0 radical (unpaired) electrons. The zero-order valence-corrected chi connectivity index (χ0v) is 13.3. The van der Waals surface area contributed by atoms with Gasteiger partial charge in [0.15, 0.2) is 0 Å². The fraction of sp³-hybridized carbons (Fsp3) is 0.600. The van der Waals surface area contributed by atoms with Crippen molar-refractivity contribution in [3.05, 3.63) is 34.3 Å². The topological polar surface area (TPSA) is 12.5 Å². The molecule has 0 unspecified atom stereocenters. The number of hydrogen-bond acceptors (Lipinski definition) is 2. The summed E-state index contributed by atoms with van der Waals surface area (Å²) in [4.78, 5) is 2.48. The van der Waals surface area contributed by atoms with E-state index >= 15 is 0 Å². The Balaban J connectivity index is 2.12. The normalized spacial score (nSPS) is 22.9. The van der Waals surface area contributed by atoms with E-state index in [0.717, 1.165) is 19.6 Å². The smallest absolute Gasteiger partial charge is 0.0760 e. The van der Waals surface area contributed by atoms with Crippen LogP contribution >= 0.6 is 15.9 Å². The molecule has 18 heavy (non-hydrogen) atoms. The summed E-state index contributed by atoms with van der Waals surface area (Å²) in [7, 11) is 0. The van der Waals surface area contributed by atoms with Crippen LogP contribution < -0.4 is 0 Å². The Kier molecular flexibility index (Phi) is 3.86. The van der Waals surface area contributed by atoms with E-state index in [0.29, 0.717) is 0 Å². The molecular formula is C15H22BrNO. The van der Waals surface area contributed by atoms with Crippen molar-refractivity contribution in [2.24, 2.45) is 0 Å². The van der Waals surface area contributed by atoms with Gasteiger partial charge in [0, 0.05) is 24.1 Å². The molecule has 3 heteroatoms. The van der Waals surface area contributed by atoms with Crippen molar-refractivity contribution < 1.29 is 4.74 Å². The average molecular weight is 312 g/mol. The second kappa shape index (κ2) is 4.95. The standard InChI is InChI=1S/C15H22BrNO/c1-14(2)10-17(11-15(3,4)18-14)9-12-7-5-6-8-13(12)16/h5-8H,9-11H2,1-4H3. The molecular weight excluding hydrogens is 290 g/mol. The fourth-order valence-electron chi connectivity index (χ4n) is 2.92. The lowest BCUT2D eigenvalue weighted by Gasteiger charge is -2.47. The Morgan fingerprint density at radius 1 is 1.11 bits per heavy atom. The van der Waals surface area contributed by atoms with Crippen LogP contribution in [0.2, 0.25) is 0 Å². The van der Waals surface area contributed by atoms with E-state index in [4.69, 9.17) is 4.74 Å². The molecule has 0 saturated carbocycles. The van der Waals surface area contributed by atoms with Crippen LogP contribution in [-0.2, 0) is 11.3 Å². The monoisotopic (exact) mass is 311 g/mol. The fourth-order valence-corrected chi connectivity index (χ4v) is 3.33. The van der Waals surface area contributed by atoms with Crippen molar-refractivity contribution >= 4 is 15.9 Å². The van der Waals surface area contributed by atoms with Gasteiger partial charge in [-0.2, -0.15) is 0 Å². The first-order valence-electron chi connectivity index (χ1n) is 6.43. The quantitative estimate of drug-likeness (QED) is 0.823. The SMILES string of the molecule is CC1(C)CN(Cc2ccccc2Br)CC(C)(C)O1. The maximum Gasteiger partial charge on any atom is 0.0760 e. The molecule has 1 aliphatic rings. The number of morpholine rings is 1. The molecule has 0 aliphatic carbocycles. The number of benzene rings is 1. The van der Waals surface area contributed by atoms with Crippen LogP contribution in [-0.4, -0.2) is 29.2 Å². The summed E-state index contributed by atoms with van der Waals surface area (Å²) in [6.07, 6.45) is 0. The first kappa shape index (κ1) is 14.0. The summed E-state index contributed by atoms with van der Waals surface area (Å²) in [5, 5.41) is 0. The van der Waals surface area contributed by atoms with Crippen LogP contribution in [0.5, 0.6) is 0 Å². The van der Waals surface area contributed by atoms with Crippen LogP contribution in [0.25, 0.3) is 0 Å². The number of nitrogens with zero attached hydrogens (tertiary/aromatic N) is 1. The van der Waals surface area contributed by atoms with Gasteiger partial charge in [-0.15, -0.1) is 0 Å². The summed E-state index contributed by atoms with van der Waals surface area (Å²) >= 11 is 3.62. The third-order valence-corrected chi connectivity index (χ3v) is 3.89. The third kappa shape index (κ3) is 3.56. The van der Waals surface area contributed by atoms with Gasteiger partial charge in [0.25, 0.3) is 0 Å². The summed E-state index contributed by atoms with van der Waals surface area (Å²) in [6, 6.07) is 8.43. The highest BCUT2D eigenvalue weighted by molar-refractivity contribution is 9.10. The average Bonchev–Trinajstić information content (AvgIpc) is 2.16. The van der Waals surface area contributed by atoms with Gasteiger partial charge in [-0.25, -0.2) is 0 Å². The van der Waals surface area contributed by atoms with Gasteiger partial charge in [0.2, 0.25) is 0 Å². The van der Waals surface area contributed by atoms with E-state index < -0.39 is 0 Å². The predicted octanol–water partition coefficient (Wildman–Crippen LogP) is 3.84. The largest absolute Gasteiger partial charge is 0.367 e. The third-order valence-electron chi connectivity index (χ3n) is 3.11. The highest BCUT2D eigenvalue weighted by atomic mass is 79.9. The number of rotatable bonds is 2. The van der Waals surface area contributed by atoms with Crippen LogP contribution in [0.4, 0.5) is 0 Å². The lowest BCUT2D eigenvalue weighted by molar-refractivity contribution is -0.182. The Morgan fingerprint density at radius 3 is 2.22 bits per heavy atom. The zero-order chi connectivity index (χ0) is 13.4. The second-order valence-electron chi connectivity index (χ2n) is 6.36. The summed E-state index contributed by atoms with van der Waals surface area (Å²) < 4.78 is 7.29. The number of halogens is 1. The van der Waals surface area contributed by atoms with E-state index in [2.05, 4.69) is 72.8 Å². The molecule has 1 saturated heterocycles. The Morgan fingerprint density at radius 2 is 1.67 bits per heavy atom. The van der Waals surface area contributed by atoms with Crippen molar-refractivity contribution in [2.75, 3.05) is 13.1 Å². The Bertz CT molecular complexity index is 412. The molecule has 0 aromatic heterocycles. The van der Waals surface area contributed by atoms with Gasteiger partial charge in [0.1, 0.15) is 0 Å². The molecule has 1 fully saturated rings. The molecule has 100 valence electrons. The summed E-state index contributed by atoms with van der Waals surface area (Å²) in [5.41, 5.74) is 1.18. The molecule has 0 N–H and O–H groups in total. The van der Waals surface area contributed by atoms with E-state index in [1.807, 2.05) is 0 Å². The lowest BCUT2D eigenvalue weighted by atomic mass is 9.98. The lowest BCUT2D eigenvalue weighted by Crippen LogP contribution is -2.56. The van der Waals surface area contributed by atoms with E-state index in [1.54, 1.807) is 0 Å². The highest BCUT2D eigenvalue weighted by Crippen LogP contribution is 2.29. The molecule has 0 amide bonds. The van der Waals surface area contributed by atoms with Crippen LogP contribution in [0.15, 0.2) is 28.7 Å². The van der Waals surface area contributed by atoms with Gasteiger partial charge in [0.05, 0.1) is 11.2 Å². The predicted molar refractivity (Wildman–Crippen MR) is 78.7 cm³/mol. The molecule has 0 atom stereocenters. The van der Waals surface area contributed by atoms with Crippen molar-refractivity contribution in [3.63, 3.8) is 0 Å². The molecule has 0 bridgehead atoms. The van der Waals surface area contributed by atoms with Crippen molar-refractivity contribution in [3.8, 4) is 0 Å².